The monoisotopic (exact) mass is 380 g/mol. The van der Waals surface area contributed by atoms with Gasteiger partial charge in [-0.1, -0.05) is 12.1 Å². The molecule has 0 aromatic heterocycles. The molecule has 0 N–H and O–H groups in total. The number of carbonyl (C=O) groups excluding carboxylic acids is 1. The van der Waals surface area contributed by atoms with E-state index in [0.717, 1.165) is 11.3 Å². The molecule has 0 saturated heterocycles. The summed E-state index contributed by atoms with van der Waals surface area (Å²) >= 11 is 0. The standard InChI is InChI=1S/C20H20N4O4/c1-4-28-19-18(13-14-5-7-15(8-6-14)22(2)3)20(25)23(21-19)16-9-11-17(12-10-16)24(26)27/h5-13H,4H2,1-3H3. The Hall–Kier alpha value is -3.68. The minimum atomic E-state index is -0.493. The number of ether oxygens (including phenoxy) is 1. The van der Waals surface area contributed by atoms with Crippen molar-refractivity contribution < 1.29 is 14.5 Å². The summed E-state index contributed by atoms with van der Waals surface area (Å²) in [6.07, 6.45) is 1.72. The van der Waals surface area contributed by atoms with Crippen LogP contribution in [0.1, 0.15) is 12.5 Å². The molecule has 0 bridgehead atoms. The summed E-state index contributed by atoms with van der Waals surface area (Å²) in [5.74, 6) is -0.128. The number of hydrogen-bond acceptors (Lipinski definition) is 6. The lowest BCUT2D eigenvalue weighted by Gasteiger charge is -2.12. The number of benzene rings is 2. The van der Waals surface area contributed by atoms with Crippen molar-refractivity contribution in [1.29, 1.82) is 0 Å². The van der Waals surface area contributed by atoms with Gasteiger partial charge in [-0.25, -0.2) is 0 Å². The Morgan fingerprint density at radius 2 is 1.79 bits per heavy atom. The van der Waals surface area contributed by atoms with E-state index in [1.54, 1.807) is 6.08 Å². The van der Waals surface area contributed by atoms with Crippen LogP contribution in [0.25, 0.3) is 6.08 Å². The Balaban J connectivity index is 1.92. The molecule has 2 aromatic rings. The average molecular weight is 380 g/mol. The van der Waals surface area contributed by atoms with Crippen LogP contribution in [-0.4, -0.2) is 37.4 Å². The van der Waals surface area contributed by atoms with Gasteiger partial charge >= 0.3 is 0 Å². The summed E-state index contributed by atoms with van der Waals surface area (Å²) < 4.78 is 5.54. The number of hydrogen-bond donors (Lipinski definition) is 0. The number of carbonyl (C=O) groups is 1. The van der Waals surface area contributed by atoms with Crippen molar-refractivity contribution in [3.63, 3.8) is 0 Å². The second-order valence-electron chi connectivity index (χ2n) is 6.27. The first-order valence-corrected chi connectivity index (χ1v) is 8.70. The molecule has 144 valence electrons. The Morgan fingerprint density at radius 1 is 1.14 bits per heavy atom. The normalized spacial score (nSPS) is 15.0. The van der Waals surface area contributed by atoms with Gasteiger partial charge in [0, 0.05) is 31.9 Å². The van der Waals surface area contributed by atoms with Gasteiger partial charge in [0.25, 0.3) is 11.6 Å². The van der Waals surface area contributed by atoms with Crippen molar-refractivity contribution >= 4 is 34.9 Å². The third-order valence-electron chi connectivity index (χ3n) is 4.15. The molecule has 2 aromatic carbocycles. The van der Waals surface area contributed by atoms with E-state index >= 15 is 0 Å². The van der Waals surface area contributed by atoms with E-state index in [0.29, 0.717) is 17.9 Å². The Bertz CT molecular complexity index is 947. The molecule has 1 aliphatic rings. The van der Waals surface area contributed by atoms with Crippen LogP contribution in [0.15, 0.2) is 59.2 Å². The third kappa shape index (κ3) is 3.85. The van der Waals surface area contributed by atoms with E-state index in [-0.39, 0.29) is 17.5 Å². The molecule has 8 heteroatoms. The summed E-state index contributed by atoms with van der Waals surface area (Å²) in [7, 11) is 3.91. The number of hydrazone groups is 1. The highest BCUT2D eigenvalue weighted by Gasteiger charge is 2.32. The van der Waals surface area contributed by atoms with Crippen LogP contribution < -0.4 is 9.91 Å². The van der Waals surface area contributed by atoms with E-state index in [1.807, 2.05) is 50.2 Å². The molecule has 0 radical (unpaired) electrons. The topological polar surface area (TPSA) is 88.3 Å². The Labute approximate surface area is 162 Å². The Kier molecular flexibility index (Phi) is 5.39. The predicted molar refractivity (Wildman–Crippen MR) is 108 cm³/mol. The second kappa shape index (κ2) is 7.91. The van der Waals surface area contributed by atoms with E-state index in [4.69, 9.17) is 4.74 Å². The number of amides is 1. The molecule has 0 unspecified atom stereocenters. The number of nitrogens with zero attached hydrogens (tertiary/aromatic N) is 4. The fourth-order valence-electron chi connectivity index (χ4n) is 2.69. The van der Waals surface area contributed by atoms with E-state index in [9.17, 15) is 14.9 Å². The molecule has 0 saturated carbocycles. The fourth-order valence-corrected chi connectivity index (χ4v) is 2.69. The van der Waals surface area contributed by atoms with Crippen LogP contribution in [0.4, 0.5) is 17.1 Å². The van der Waals surface area contributed by atoms with E-state index in [2.05, 4.69) is 5.10 Å². The smallest absolute Gasteiger partial charge is 0.284 e. The summed E-state index contributed by atoms with van der Waals surface area (Å²) in [5.41, 5.74) is 2.59. The summed E-state index contributed by atoms with van der Waals surface area (Å²) in [5, 5.41) is 16.3. The van der Waals surface area contributed by atoms with Crippen LogP contribution in [0.2, 0.25) is 0 Å². The van der Waals surface area contributed by atoms with Crippen molar-refractivity contribution in [1.82, 2.24) is 0 Å². The third-order valence-corrected chi connectivity index (χ3v) is 4.15. The molecule has 0 aliphatic carbocycles. The molecule has 1 aliphatic heterocycles. The van der Waals surface area contributed by atoms with Crippen molar-refractivity contribution in [2.45, 2.75) is 6.92 Å². The molecular weight excluding hydrogens is 360 g/mol. The quantitative estimate of drug-likeness (QED) is 0.450. The van der Waals surface area contributed by atoms with Crippen LogP contribution in [0.5, 0.6) is 0 Å². The number of non-ortho nitro benzene ring substituents is 1. The van der Waals surface area contributed by atoms with Gasteiger partial charge in [-0.2, -0.15) is 5.01 Å². The predicted octanol–water partition coefficient (Wildman–Crippen LogP) is 3.44. The summed E-state index contributed by atoms with van der Waals surface area (Å²) in [6.45, 7) is 2.17. The lowest BCUT2D eigenvalue weighted by Crippen LogP contribution is -2.21. The first-order chi connectivity index (χ1) is 13.4. The average Bonchev–Trinajstić information content (AvgIpc) is 2.98. The summed E-state index contributed by atoms with van der Waals surface area (Å²) in [6, 6.07) is 13.4. The molecule has 0 fully saturated rings. The minimum Gasteiger partial charge on any atom is -0.476 e. The number of nitro groups is 1. The van der Waals surface area contributed by atoms with Gasteiger partial charge in [0.1, 0.15) is 5.57 Å². The molecule has 3 rings (SSSR count). The Morgan fingerprint density at radius 3 is 2.32 bits per heavy atom. The van der Waals surface area contributed by atoms with Crippen LogP contribution in [-0.2, 0) is 9.53 Å². The SMILES string of the molecule is CCOC1=NN(c2ccc([N+](=O)[O-])cc2)C(=O)C1=Cc1ccc(N(C)C)cc1. The molecule has 0 atom stereocenters. The van der Waals surface area contributed by atoms with Gasteiger partial charge in [-0.15, -0.1) is 5.10 Å². The molecule has 28 heavy (non-hydrogen) atoms. The van der Waals surface area contributed by atoms with Crippen LogP contribution >= 0.6 is 0 Å². The van der Waals surface area contributed by atoms with Crippen molar-refractivity contribution in [3.05, 3.63) is 69.8 Å². The van der Waals surface area contributed by atoms with E-state index < -0.39 is 4.92 Å². The summed E-state index contributed by atoms with van der Waals surface area (Å²) in [4.78, 5) is 25.2. The zero-order valence-corrected chi connectivity index (χ0v) is 15.8. The number of nitro benzene ring substituents is 1. The molecular formula is C20H20N4O4. The minimum absolute atomic E-state index is 0.0545. The van der Waals surface area contributed by atoms with Crippen LogP contribution in [0.3, 0.4) is 0 Å². The molecule has 8 nitrogen and oxygen atoms in total. The largest absolute Gasteiger partial charge is 0.476 e. The molecule has 1 heterocycles. The zero-order chi connectivity index (χ0) is 20.3. The lowest BCUT2D eigenvalue weighted by atomic mass is 10.1. The zero-order valence-electron chi connectivity index (χ0n) is 15.8. The van der Waals surface area contributed by atoms with Crippen molar-refractivity contribution in [3.8, 4) is 0 Å². The fraction of sp³-hybridized carbons (Fsp3) is 0.200. The highest BCUT2D eigenvalue weighted by molar-refractivity contribution is 6.30. The maximum Gasteiger partial charge on any atom is 0.284 e. The van der Waals surface area contributed by atoms with Gasteiger partial charge in [-0.3, -0.25) is 14.9 Å². The van der Waals surface area contributed by atoms with Gasteiger partial charge in [0.2, 0.25) is 5.90 Å². The second-order valence-corrected chi connectivity index (χ2v) is 6.27. The first-order valence-electron chi connectivity index (χ1n) is 8.70. The van der Waals surface area contributed by atoms with Gasteiger partial charge < -0.3 is 9.64 Å². The van der Waals surface area contributed by atoms with Gasteiger partial charge in [0.15, 0.2) is 0 Å². The van der Waals surface area contributed by atoms with Crippen molar-refractivity contribution in [2.24, 2.45) is 5.10 Å². The first kappa shape index (κ1) is 19.1. The number of anilines is 2. The van der Waals surface area contributed by atoms with Gasteiger partial charge in [0.05, 0.1) is 17.2 Å². The number of rotatable bonds is 5. The lowest BCUT2D eigenvalue weighted by molar-refractivity contribution is -0.384. The molecule has 0 spiro atoms. The highest BCUT2D eigenvalue weighted by atomic mass is 16.6. The molecule has 1 amide bonds. The maximum absolute atomic E-state index is 12.9. The maximum atomic E-state index is 12.9. The van der Waals surface area contributed by atoms with E-state index in [1.165, 1.54) is 29.3 Å². The highest BCUT2D eigenvalue weighted by Crippen LogP contribution is 2.27. The van der Waals surface area contributed by atoms with Crippen molar-refractivity contribution in [2.75, 3.05) is 30.6 Å². The van der Waals surface area contributed by atoms with Gasteiger partial charge in [-0.05, 0) is 42.8 Å². The van der Waals surface area contributed by atoms with Crippen LogP contribution in [0, 0.1) is 10.1 Å².